The number of nitrogens with one attached hydrogen (secondary N) is 2. The SMILES string of the molecule is CCN1CCN(Cc2ccccc2CNC2CCCC2C2COCCN2)CC1. The molecule has 5 nitrogen and oxygen atoms in total. The van der Waals surface area contributed by atoms with Gasteiger partial charge in [-0.2, -0.15) is 0 Å². The molecular formula is C23H38N4O. The molecular weight excluding hydrogens is 348 g/mol. The van der Waals surface area contributed by atoms with E-state index in [1.54, 1.807) is 0 Å². The fraction of sp³-hybridized carbons (Fsp3) is 0.739. The van der Waals surface area contributed by atoms with Crippen molar-refractivity contribution in [1.29, 1.82) is 0 Å². The van der Waals surface area contributed by atoms with E-state index in [1.165, 1.54) is 63.1 Å². The molecule has 3 fully saturated rings. The molecule has 28 heavy (non-hydrogen) atoms. The first kappa shape index (κ1) is 20.3. The van der Waals surface area contributed by atoms with Crippen molar-refractivity contribution >= 4 is 0 Å². The highest BCUT2D eigenvalue weighted by molar-refractivity contribution is 5.27. The Bertz CT molecular complexity index is 596. The minimum Gasteiger partial charge on any atom is -0.379 e. The van der Waals surface area contributed by atoms with Crippen molar-refractivity contribution in [3.8, 4) is 0 Å². The second-order valence-corrected chi connectivity index (χ2v) is 8.70. The fourth-order valence-corrected chi connectivity index (χ4v) is 5.21. The van der Waals surface area contributed by atoms with E-state index in [4.69, 9.17) is 4.74 Å². The molecule has 0 spiro atoms. The molecule has 4 rings (SSSR count). The molecule has 0 aromatic heterocycles. The van der Waals surface area contributed by atoms with Crippen molar-refractivity contribution in [2.24, 2.45) is 5.92 Å². The molecule has 1 aromatic rings. The highest BCUT2D eigenvalue weighted by atomic mass is 16.5. The molecule has 0 amide bonds. The van der Waals surface area contributed by atoms with E-state index in [2.05, 4.69) is 51.6 Å². The van der Waals surface area contributed by atoms with Crippen molar-refractivity contribution in [2.45, 2.75) is 51.4 Å². The molecule has 3 atom stereocenters. The Morgan fingerprint density at radius 3 is 2.61 bits per heavy atom. The minimum atomic E-state index is 0.527. The largest absolute Gasteiger partial charge is 0.379 e. The normalized spacial score (nSPS) is 30.0. The van der Waals surface area contributed by atoms with Gasteiger partial charge >= 0.3 is 0 Å². The molecule has 156 valence electrons. The molecule has 2 heterocycles. The third kappa shape index (κ3) is 5.14. The van der Waals surface area contributed by atoms with Gasteiger partial charge in [0.25, 0.3) is 0 Å². The molecule has 3 aliphatic rings. The maximum absolute atomic E-state index is 5.73. The molecule has 2 saturated heterocycles. The van der Waals surface area contributed by atoms with E-state index in [1.807, 2.05) is 0 Å². The Labute approximate surface area is 170 Å². The number of likely N-dealkylation sites (N-methyl/N-ethyl adjacent to an activating group) is 1. The predicted molar refractivity (Wildman–Crippen MR) is 114 cm³/mol. The van der Waals surface area contributed by atoms with Crippen LogP contribution in [0.1, 0.15) is 37.3 Å². The number of morpholine rings is 1. The van der Waals surface area contributed by atoms with Gasteiger partial charge in [0.15, 0.2) is 0 Å². The zero-order valence-corrected chi connectivity index (χ0v) is 17.5. The Morgan fingerprint density at radius 2 is 1.86 bits per heavy atom. The zero-order valence-electron chi connectivity index (χ0n) is 17.5. The number of benzene rings is 1. The summed E-state index contributed by atoms with van der Waals surface area (Å²) in [5.41, 5.74) is 2.97. The molecule has 2 N–H and O–H groups in total. The molecule has 1 aliphatic carbocycles. The van der Waals surface area contributed by atoms with Crippen LogP contribution in [0.5, 0.6) is 0 Å². The Kier molecular flexibility index (Phi) is 7.37. The lowest BCUT2D eigenvalue weighted by Crippen LogP contribution is -2.50. The van der Waals surface area contributed by atoms with E-state index in [0.29, 0.717) is 18.0 Å². The summed E-state index contributed by atoms with van der Waals surface area (Å²) < 4.78 is 5.73. The molecule has 1 aromatic carbocycles. The number of nitrogens with zero attached hydrogens (tertiary/aromatic N) is 2. The minimum absolute atomic E-state index is 0.527. The smallest absolute Gasteiger partial charge is 0.0623 e. The number of piperazine rings is 1. The first-order chi connectivity index (χ1) is 13.8. The average Bonchev–Trinajstić information content (AvgIpc) is 3.23. The fourth-order valence-electron chi connectivity index (χ4n) is 5.21. The van der Waals surface area contributed by atoms with Gasteiger partial charge in [-0.3, -0.25) is 4.90 Å². The molecule has 1 saturated carbocycles. The first-order valence-corrected chi connectivity index (χ1v) is 11.4. The van der Waals surface area contributed by atoms with Gasteiger partial charge in [0.1, 0.15) is 0 Å². The summed E-state index contributed by atoms with van der Waals surface area (Å²) in [4.78, 5) is 5.17. The van der Waals surface area contributed by atoms with Gasteiger partial charge in [-0.15, -0.1) is 0 Å². The van der Waals surface area contributed by atoms with Crippen molar-refractivity contribution in [3.05, 3.63) is 35.4 Å². The van der Waals surface area contributed by atoms with Crippen LogP contribution < -0.4 is 10.6 Å². The quantitative estimate of drug-likeness (QED) is 0.751. The number of ether oxygens (including phenoxy) is 1. The van der Waals surface area contributed by atoms with E-state index in [-0.39, 0.29) is 0 Å². The Hall–Kier alpha value is -0.980. The predicted octanol–water partition coefficient (Wildman–Crippen LogP) is 2.07. The van der Waals surface area contributed by atoms with Gasteiger partial charge in [-0.25, -0.2) is 0 Å². The van der Waals surface area contributed by atoms with Gasteiger partial charge in [-0.1, -0.05) is 37.6 Å². The van der Waals surface area contributed by atoms with Crippen LogP contribution in [0.2, 0.25) is 0 Å². The monoisotopic (exact) mass is 386 g/mol. The average molecular weight is 387 g/mol. The Morgan fingerprint density at radius 1 is 1.07 bits per heavy atom. The molecule has 5 heteroatoms. The standard InChI is InChI=1S/C23H38N4O/c1-2-26-11-13-27(14-12-26)17-20-7-4-3-6-19(20)16-25-22-9-5-8-21(22)23-18-28-15-10-24-23/h3-4,6-7,21-25H,2,5,8-18H2,1H3. The van der Waals surface area contributed by atoms with Crippen LogP contribution in [-0.2, 0) is 17.8 Å². The lowest BCUT2D eigenvalue weighted by molar-refractivity contribution is 0.0524. The third-order valence-corrected chi connectivity index (χ3v) is 7.02. The highest BCUT2D eigenvalue weighted by Crippen LogP contribution is 2.30. The lowest BCUT2D eigenvalue weighted by Gasteiger charge is -2.34. The third-order valence-electron chi connectivity index (χ3n) is 7.02. The number of rotatable bonds is 7. The zero-order chi connectivity index (χ0) is 19.2. The molecule has 2 aliphatic heterocycles. The number of hydrogen-bond acceptors (Lipinski definition) is 5. The second kappa shape index (κ2) is 10.2. The van der Waals surface area contributed by atoms with Gasteiger partial charge < -0.3 is 20.3 Å². The summed E-state index contributed by atoms with van der Waals surface area (Å²) in [5.74, 6) is 0.703. The van der Waals surface area contributed by atoms with Gasteiger partial charge in [0.05, 0.1) is 13.2 Å². The van der Waals surface area contributed by atoms with Crippen LogP contribution in [0.4, 0.5) is 0 Å². The van der Waals surface area contributed by atoms with E-state index in [0.717, 1.165) is 32.8 Å². The maximum Gasteiger partial charge on any atom is 0.0623 e. The summed E-state index contributed by atoms with van der Waals surface area (Å²) in [5, 5.41) is 7.60. The van der Waals surface area contributed by atoms with Crippen molar-refractivity contribution in [3.63, 3.8) is 0 Å². The summed E-state index contributed by atoms with van der Waals surface area (Å²) in [7, 11) is 0. The van der Waals surface area contributed by atoms with Crippen LogP contribution in [0, 0.1) is 5.92 Å². The molecule has 0 bridgehead atoms. The summed E-state index contributed by atoms with van der Waals surface area (Å²) in [6.07, 6.45) is 3.95. The van der Waals surface area contributed by atoms with Crippen LogP contribution in [0.3, 0.4) is 0 Å². The van der Waals surface area contributed by atoms with E-state index >= 15 is 0 Å². The molecule has 0 radical (unpaired) electrons. The van der Waals surface area contributed by atoms with Crippen molar-refractivity contribution < 1.29 is 4.74 Å². The summed E-state index contributed by atoms with van der Waals surface area (Å²) in [6.45, 7) is 13.0. The maximum atomic E-state index is 5.73. The summed E-state index contributed by atoms with van der Waals surface area (Å²) >= 11 is 0. The number of hydrogen-bond donors (Lipinski definition) is 2. The van der Waals surface area contributed by atoms with E-state index < -0.39 is 0 Å². The van der Waals surface area contributed by atoms with Gasteiger partial charge in [-0.05, 0) is 36.4 Å². The first-order valence-electron chi connectivity index (χ1n) is 11.4. The van der Waals surface area contributed by atoms with Gasteiger partial charge in [0.2, 0.25) is 0 Å². The van der Waals surface area contributed by atoms with Crippen molar-refractivity contribution in [1.82, 2.24) is 20.4 Å². The van der Waals surface area contributed by atoms with Crippen LogP contribution in [-0.4, -0.2) is 74.4 Å². The Balaban J connectivity index is 1.32. The topological polar surface area (TPSA) is 39.8 Å². The second-order valence-electron chi connectivity index (χ2n) is 8.70. The van der Waals surface area contributed by atoms with Crippen LogP contribution >= 0.6 is 0 Å². The van der Waals surface area contributed by atoms with Crippen LogP contribution in [0.25, 0.3) is 0 Å². The summed E-state index contributed by atoms with van der Waals surface area (Å²) in [6, 6.07) is 10.2. The lowest BCUT2D eigenvalue weighted by atomic mass is 9.93. The van der Waals surface area contributed by atoms with E-state index in [9.17, 15) is 0 Å². The highest BCUT2D eigenvalue weighted by Gasteiger charge is 2.34. The van der Waals surface area contributed by atoms with Crippen LogP contribution in [0.15, 0.2) is 24.3 Å². The van der Waals surface area contributed by atoms with Crippen molar-refractivity contribution in [2.75, 3.05) is 52.5 Å². The molecule has 3 unspecified atom stereocenters. The van der Waals surface area contributed by atoms with Gasteiger partial charge in [0, 0.05) is 57.9 Å².